The van der Waals surface area contributed by atoms with Crippen molar-refractivity contribution < 1.29 is 0 Å². The molecule has 642 valence electrons. The third-order valence-electron chi connectivity index (χ3n) is 30.8. The van der Waals surface area contributed by atoms with Crippen LogP contribution in [0.4, 0.5) is 0 Å². The first-order valence-corrected chi connectivity index (χ1v) is 49.1. The van der Waals surface area contributed by atoms with Gasteiger partial charge >= 0.3 is 0 Å². The quantitative estimate of drug-likeness (QED) is 0.107. The fraction of sp³-hybridized carbons (Fsp3) is 0.111. The second-order valence-electron chi connectivity index (χ2n) is 37.6. The highest BCUT2D eigenvalue weighted by molar-refractivity contribution is 6.21. The molecule has 24 aromatic carbocycles. The van der Waals surface area contributed by atoms with Crippen molar-refractivity contribution in [2.45, 2.75) is 99.3 Å². The number of hydrogen-bond donors (Lipinski definition) is 0. The number of hydrogen-bond acceptors (Lipinski definition) is 0. The van der Waals surface area contributed by atoms with E-state index in [0.29, 0.717) is 0 Å². The molecule has 0 aromatic heterocycles. The van der Waals surface area contributed by atoms with Crippen molar-refractivity contribution in [3.05, 3.63) is 467 Å². The summed E-state index contributed by atoms with van der Waals surface area (Å²) in [6.45, 7) is 13.7. The van der Waals surface area contributed by atoms with Crippen LogP contribution in [0.25, 0.3) is 229 Å². The Morgan fingerprint density at radius 3 is 0.726 bits per heavy atom. The Morgan fingerprint density at radius 1 is 0.133 bits per heavy atom. The van der Waals surface area contributed by atoms with Gasteiger partial charge in [0, 0.05) is 0 Å². The Labute approximate surface area is 790 Å². The maximum absolute atomic E-state index is 2.49. The van der Waals surface area contributed by atoms with Crippen LogP contribution < -0.4 is 0 Å². The van der Waals surface area contributed by atoms with E-state index < -0.39 is 0 Å². The Hall–Kier alpha value is -15.6. The summed E-state index contributed by atoms with van der Waals surface area (Å²) in [6, 6.07) is 151. The fourth-order valence-corrected chi connectivity index (χ4v) is 25.0. The van der Waals surface area contributed by atoms with E-state index in [1.807, 2.05) is 0 Å². The van der Waals surface area contributed by atoms with Crippen LogP contribution in [0, 0.1) is 0 Å². The Balaban J connectivity index is 0.000000108. The van der Waals surface area contributed by atoms with Crippen LogP contribution in [0.15, 0.2) is 400 Å². The molecule has 0 spiro atoms. The smallest absolute Gasteiger partial charge is 0.00130 e. The van der Waals surface area contributed by atoms with E-state index in [1.54, 1.807) is 0 Å². The normalized spacial score (nSPS) is 12.3. The highest BCUT2D eigenvalue weighted by atomic mass is 14.3. The molecule has 0 unspecified atom stereocenters. The predicted molar refractivity (Wildman–Crippen MR) is 583 cm³/mol. The van der Waals surface area contributed by atoms with Crippen molar-refractivity contribution >= 4 is 129 Å². The zero-order valence-corrected chi connectivity index (χ0v) is 77.5. The van der Waals surface area contributed by atoms with Crippen LogP contribution in [-0.4, -0.2) is 0 Å². The van der Waals surface area contributed by atoms with Crippen LogP contribution in [0.1, 0.15) is 108 Å². The molecule has 135 heavy (non-hydrogen) atoms. The molecule has 27 rings (SSSR count). The van der Waals surface area contributed by atoms with Crippen molar-refractivity contribution in [2.75, 3.05) is 0 Å². The van der Waals surface area contributed by atoms with E-state index in [-0.39, 0.29) is 0 Å². The summed E-state index contributed by atoms with van der Waals surface area (Å²) in [6.07, 6.45) is 9.02. The zero-order valence-electron chi connectivity index (χ0n) is 77.5. The first-order chi connectivity index (χ1) is 66.7. The van der Waals surface area contributed by atoms with Crippen molar-refractivity contribution in [1.29, 1.82) is 0 Å². The maximum atomic E-state index is 2.49. The summed E-state index contributed by atoms with van der Waals surface area (Å²) in [5, 5.41) is 32.5. The Bertz CT molecular complexity index is 8870. The van der Waals surface area contributed by atoms with Crippen molar-refractivity contribution in [3.8, 4) is 100 Å². The average molecular weight is 1720 g/mol. The Morgan fingerprint density at radius 2 is 0.370 bits per heavy atom. The lowest BCUT2D eigenvalue weighted by atomic mass is 9.85. The van der Waals surface area contributed by atoms with Crippen LogP contribution >= 0.6 is 0 Å². The largest absolute Gasteiger partial charge is 0.0616 e. The SMILES string of the molecule is CCc1c2ccccc2c(-c2ccc3c(c2)Cc2ccc(-c4c5ccccc5c(CC)c5ccccc45)cc2-3)c2ccccc12.CCc1c2ccccc2cc2c(-c3cccc4c3-c3cc(-c5c6ccccc6c(CC)c6ccccc56)ccc3C4)cccc12.CCc1c2ccccc2cc2c(-c3cccc4c3-c3ccc(-c5c6ccccc6c(CC)c6ccccc56)cc3C4)cccc12. The van der Waals surface area contributed by atoms with Gasteiger partial charge in [0.25, 0.3) is 0 Å². The maximum Gasteiger partial charge on any atom is -0.00130 e. The molecule has 0 aliphatic heterocycles. The highest BCUT2D eigenvalue weighted by Gasteiger charge is 2.30. The van der Waals surface area contributed by atoms with Gasteiger partial charge in [0.15, 0.2) is 0 Å². The molecule has 0 fully saturated rings. The number of fused-ring (bicyclic) bond motifs is 21. The summed E-state index contributed by atoms with van der Waals surface area (Å²) in [5.74, 6) is 0. The molecule has 3 aliphatic rings. The minimum Gasteiger partial charge on any atom is -0.0616 e. The predicted octanol–water partition coefficient (Wildman–Crippen LogP) is 37.0. The van der Waals surface area contributed by atoms with Gasteiger partial charge < -0.3 is 0 Å². The molecular formula is C135H102. The van der Waals surface area contributed by atoms with Gasteiger partial charge in [0.05, 0.1) is 0 Å². The van der Waals surface area contributed by atoms with E-state index >= 15 is 0 Å². The van der Waals surface area contributed by atoms with E-state index in [2.05, 4.69) is 442 Å². The number of aryl methyl sites for hydroxylation is 6. The molecule has 0 atom stereocenters. The van der Waals surface area contributed by atoms with E-state index in [0.717, 1.165) is 57.8 Å². The molecule has 24 aromatic rings. The van der Waals surface area contributed by atoms with Gasteiger partial charge in [-0.15, -0.1) is 0 Å². The van der Waals surface area contributed by atoms with Crippen LogP contribution in [0.5, 0.6) is 0 Å². The van der Waals surface area contributed by atoms with Crippen molar-refractivity contribution in [1.82, 2.24) is 0 Å². The molecule has 0 amide bonds. The van der Waals surface area contributed by atoms with Crippen molar-refractivity contribution in [2.24, 2.45) is 0 Å². The number of rotatable bonds is 12. The summed E-state index contributed by atoms with van der Waals surface area (Å²) in [5.41, 5.74) is 41.4. The molecular weight excluding hydrogens is 1620 g/mol. The lowest BCUT2D eigenvalue weighted by Gasteiger charge is -2.18. The van der Waals surface area contributed by atoms with Gasteiger partial charge in [-0.05, 0) is 378 Å². The van der Waals surface area contributed by atoms with Crippen LogP contribution in [0.2, 0.25) is 0 Å². The molecule has 0 N–H and O–H groups in total. The molecule has 0 bridgehead atoms. The minimum atomic E-state index is 0.961. The summed E-state index contributed by atoms with van der Waals surface area (Å²) >= 11 is 0. The fourth-order valence-electron chi connectivity index (χ4n) is 25.0. The van der Waals surface area contributed by atoms with Crippen LogP contribution in [-0.2, 0) is 57.8 Å². The second kappa shape index (κ2) is 33.3. The number of benzene rings is 24. The van der Waals surface area contributed by atoms with Gasteiger partial charge in [0.2, 0.25) is 0 Å². The summed E-state index contributed by atoms with van der Waals surface area (Å²) < 4.78 is 0. The van der Waals surface area contributed by atoms with Gasteiger partial charge in [-0.1, -0.05) is 418 Å². The molecule has 0 nitrogen and oxygen atoms in total. The van der Waals surface area contributed by atoms with Crippen LogP contribution in [0.3, 0.4) is 0 Å². The second-order valence-corrected chi connectivity index (χ2v) is 37.6. The van der Waals surface area contributed by atoms with Crippen molar-refractivity contribution in [3.63, 3.8) is 0 Å². The third kappa shape index (κ3) is 13.1. The molecule has 3 aliphatic carbocycles. The van der Waals surface area contributed by atoms with Gasteiger partial charge in [-0.2, -0.15) is 0 Å². The first-order valence-electron chi connectivity index (χ1n) is 49.1. The molecule has 0 heteroatoms. The monoisotopic (exact) mass is 1720 g/mol. The minimum absolute atomic E-state index is 0.961. The van der Waals surface area contributed by atoms with Gasteiger partial charge in [-0.25, -0.2) is 0 Å². The standard InChI is InChI=1S/3C45H34/c1-3-32-35-13-5-9-17-39(35)44(40-18-10-6-14-36(32)40)29-23-24-34-31(26-29)25-28-21-22-30(27-43(28)34)45-41-19-11-7-15-37(41)33(4-2)38-16-8-12-20-42(38)45;1-3-32-34-15-6-5-13-28(34)27-43-38(32)20-12-21-39(43)42-22-11-14-29-25-31-26-30(23-24-35(31)44(29)42)45-40-18-9-7-16-36(40)33(4-2)37-17-8-10-19-41(37)45;1-3-32-34-15-6-5-13-28(34)26-43-37(32)20-12-21-38(43)41-22-11-14-30-25-29-23-24-31(27-42(29)45(30)41)44-39-18-9-7-16-35(39)33(4-2)36-17-8-10-19-40(36)44/h3*5-24,26-27H,3-4,25H2,1-2H3. The summed E-state index contributed by atoms with van der Waals surface area (Å²) in [4.78, 5) is 0. The average Bonchev–Trinajstić information content (AvgIpc) is 1.29. The molecule has 0 radical (unpaired) electrons. The lowest BCUT2D eigenvalue weighted by molar-refractivity contribution is 1.18. The zero-order chi connectivity index (χ0) is 90.2. The Kier molecular flexibility index (Phi) is 20.1. The molecule has 0 saturated carbocycles. The van der Waals surface area contributed by atoms with Gasteiger partial charge in [-0.3, -0.25) is 0 Å². The van der Waals surface area contributed by atoms with Gasteiger partial charge in [0.1, 0.15) is 0 Å². The molecule has 0 heterocycles. The lowest BCUT2D eigenvalue weighted by Crippen LogP contribution is -1.93. The van der Waals surface area contributed by atoms with E-state index in [9.17, 15) is 0 Å². The first kappa shape index (κ1) is 81.4. The van der Waals surface area contributed by atoms with E-state index in [1.165, 1.54) is 296 Å². The summed E-state index contributed by atoms with van der Waals surface area (Å²) in [7, 11) is 0. The third-order valence-corrected chi connectivity index (χ3v) is 30.8. The highest BCUT2D eigenvalue weighted by Crippen LogP contribution is 2.54. The molecule has 0 saturated heterocycles. The topological polar surface area (TPSA) is 0 Å². The van der Waals surface area contributed by atoms with E-state index in [4.69, 9.17) is 0 Å².